The molecule has 1 saturated carbocycles. The van der Waals surface area contributed by atoms with Crippen molar-refractivity contribution in [1.82, 2.24) is 16.0 Å². The molecule has 0 unspecified atom stereocenters. The van der Waals surface area contributed by atoms with Crippen molar-refractivity contribution in [1.29, 1.82) is 0 Å². The molecule has 3 N–H and O–H groups in total. The van der Waals surface area contributed by atoms with Crippen molar-refractivity contribution in [2.24, 2.45) is 11.8 Å². The molecular weight excluding hydrogens is 242 g/mol. The molecule has 2 amide bonds. The lowest BCUT2D eigenvalue weighted by molar-refractivity contribution is -0.126. The van der Waals surface area contributed by atoms with Gasteiger partial charge in [-0.3, -0.25) is 9.59 Å². The molecule has 0 aromatic rings. The van der Waals surface area contributed by atoms with Gasteiger partial charge in [-0.25, -0.2) is 0 Å². The van der Waals surface area contributed by atoms with Crippen molar-refractivity contribution in [3.8, 4) is 0 Å². The lowest BCUT2D eigenvalue weighted by atomic mass is 9.87. The molecule has 0 atom stereocenters. The maximum atomic E-state index is 11.7. The molecule has 0 bridgehead atoms. The van der Waals surface area contributed by atoms with E-state index in [1.807, 2.05) is 0 Å². The fourth-order valence-corrected chi connectivity index (χ4v) is 2.72. The molecule has 0 spiro atoms. The van der Waals surface area contributed by atoms with Crippen LogP contribution in [0.4, 0.5) is 0 Å². The number of rotatable bonds is 6. The number of hydrogen-bond acceptors (Lipinski definition) is 3. The summed E-state index contributed by atoms with van der Waals surface area (Å²) in [6.45, 7) is 2.79. The third-order valence-electron chi connectivity index (χ3n) is 4.10. The van der Waals surface area contributed by atoms with Crippen LogP contribution in [0, 0.1) is 11.8 Å². The minimum Gasteiger partial charge on any atom is -0.354 e. The van der Waals surface area contributed by atoms with Crippen LogP contribution in [-0.2, 0) is 9.59 Å². The first kappa shape index (κ1) is 14.3. The number of nitrogens with one attached hydrogen (secondary N) is 3. The minimum atomic E-state index is -0.0797. The fourth-order valence-electron chi connectivity index (χ4n) is 2.72. The van der Waals surface area contributed by atoms with Crippen molar-refractivity contribution in [2.45, 2.75) is 38.5 Å². The second-order valence-corrected chi connectivity index (χ2v) is 5.81. The zero-order valence-electron chi connectivity index (χ0n) is 11.5. The largest absolute Gasteiger partial charge is 0.354 e. The van der Waals surface area contributed by atoms with Gasteiger partial charge in [-0.15, -0.1) is 0 Å². The summed E-state index contributed by atoms with van der Waals surface area (Å²) in [5, 5.41) is 8.73. The van der Waals surface area contributed by atoms with E-state index in [0.717, 1.165) is 25.9 Å². The SMILES string of the molecule is O=C(CNC(=O)CC1CCCCC1)NCC1CNC1. The molecule has 2 rings (SSSR count). The molecule has 108 valence electrons. The topological polar surface area (TPSA) is 70.2 Å². The van der Waals surface area contributed by atoms with Gasteiger partial charge in [-0.05, 0) is 18.8 Å². The van der Waals surface area contributed by atoms with E-state index in [4.69, 9.17) is 0 Å². The van der Waals surface area contributed by atoms with Gasteiger partial charge in [-0.2, -0.15) is 0 Å². The highest BCUT2D eigenvalue weighted by Gasteiger charge is 2.19. The normalized spacial score (nSPS) is 20.6. The summed E-state index contributed by atoms with van der Waals surface area (Å²) in [6.07, 6.45) is 6.70. The van der Waals surface area contributed by atoms with Gasteiger partial charge in [0.2, 0.25) is 11.8 Å². The second-order valence-electron chi connectivity index (χ2n) is 5.81. The molecular formula is C14H25N3O2. The van der Waals surface area contributed by atoms with Gasteiger partial charge >= 0.3 is 0 Å². The summed E-state index contributed by atoms with van der Waals surface area (Å²) in [5.74, 6) is 1.02. The standard InChI is InChI=1S/C14H25N3O2/c18-13(6-11-4-2-1-3-5-11)17-10-14(19)16-9-12-7-15-8-12/h11-12,15H,1-10H2,(H,16,19)(H,17,18). The van der Waals surface area contributed by atoms with Crippen LogP contribution in [0.5, 0.6) is 0 Å². The van der Waals surface area contributed by atoms with Gasteiger partial charge in [-0.1, -0.05) is 19.3 Å². The summed E-state index contributed by atoms with van der Waals surface area (Å²) >= 11 is 0. The summed E-state index contributed by atoms with van der Waals surface area (Å²) in [4.78, 5) is 23.3. The summed E-state index contributed by atoms with van der Waals surface area (Å²) in [5.41, 5.74) is 0. The molecule has 2 aliphatic rings. The summed E-state index contributed by atoms with van der Waals surface area (Å²) < 4.78 is 0. The number of hydrogen-bond donors (Lipinski definition) is 3. The van der Waals surface area contributed by atoms with E-state index >= 15 is 0 Å². The van der Waals surface area contributed by atoms with E-state index in [1.165, 1.54) is 19.3 Å². The summed E-state index contributed by atoms with van der Waals surface area (Å²) in [7, 11) is 0. The third-order valence-corrected chi connectivity index (χ3v) is 4.10. The lowest BCUT2D eigenvalue weighted by Gasteiger charge is -2.27. The Bertz CT molecular complexity index is 310. The monoisotopic (exact) mass is 267 g/mol. The van der Waals surface area contributed by atoms with Crippen LogP contribution in [-0.4, -0.2) is 38.0 Å². The molecule has 19 heavy (non-hydrogen) atoms. The second kappa shape index (κ2) is 7.48. The summed E-state index contributed by atoms with van der Waals surface area (Å²) in [6, 6.07) is 0. The minimum absolute atomic E-state index is 0.0207. The van der Waals surface area contributed by atoms with Crippen molar-refractivity contribution >= 4 is 11.8 Å². The number of amides is 2. The van der Waals surface area contributed by atoms with Crippen LogP contribution in [0.2, 0.25) is 0 Å². The molecule has 1 aliphatic carbocycles. The molecule has 0 radical (unpaired) electrons. The van der Waals surface area contributed by atoms with Gasteiger partial charge in [0.25, 0.3) is 0 Å². The quantitative estimate of drug-likeness (QED) is 0.653. The maximum absolute atomic E-state index is 11.7. The number of carbonyl (C=O) groups excluding carboxylic acids is 2. The highest BCUT2D eigenvalue weighted by molar-refractivity contribution is 5.84. The average Bonchev–Trinajstić information content (AvgIpc) is 2.36. The van der Waals surface area contributed by atoms with E-state index < -0.39 is 0 Å². The van der Waals surface area contributed by atoms with E-state index in [0.29, 0.717) is 24.8 Å². The third kappa shape index (κ3) is 5.19. The van der Waals surface area contributed by atoms with Crippen molar-refractivity contribution in [2.75, 3.05) is 26.2 Å². The Labute approximate surface area is 114 Å². The molecule has 1 saturated heterocycles. The maximum Gasteiger partial charge on any atom is 0.239 e. The van der Waals surface area contributed by atoms with Crippen LogP contribution in [0.3, 0.4) is 0 Å². The van der Waals surface area contributed by atoms with Gasteiger partial charge in [0.05, 0.1) is 6.54 Å². The molecule has 0 aromatic carbocycles. The molecule has 5 nitrogen and oxygen atoms in total. The van der Waals surface area contributed by atoms with Crippen LogP contribution < -0.4 is 16.0 Å². The van der Waals surface area contributed by atoms with Gasteiger partial charge in [0.15, 0.2) is 0 Å². The van der Waals surface area contributed by atoms with Crippen molar-refractivity contribution < 1.29 is 9.59 Å². The van der Waals surface area contributed by atoms with Crippen molar-refractivity contribution in [3.05, 3.63) is 0 Å². The zero-order valence-corrected chi connectivity index (χ0v) is 11.5. The average molecular weight is 267 g/mol. The van der Waals surface area contributed by atoms with Gasteiger partial charge < -0.3 is 16.0 Å². The highest BCUT2D eigenvalue weighted by atomic mass is 16.2. The van der Waals surface area contributed by atoms with Crippen LogP contribution in [0.15, 0.2) is 0 Å². The van der Waals surface area contributed by atoms with E-state index in [2.05, 4.69) is 16.0 Å². The molecule has 5 heteroatoms. The molecule has 2 fully saturated rings. The number of carbonyl (C=O) groups is 2. The first-order valence-corrected chi connectivity index (χ1v) is 7.48. The molecule has 1 aliphatic heterocycles. The van der Waals surface area contributed by atoms with Gasteiger partial charge in [0, 0.05) is 32.0 Å². The first-order valence-electron chi connectivity index (χ1n) is 7.48. The van der Waals surface area contributed by atoms with Crippen LogP contribution in [0.1, 0.15) is 38.5 Å². The Balaban J connectivity index is 1.53. The van der Waals surface area contributed by atoms with E-state index in [-0.39, 0.29) is 18.4 Å². The molecule has 0 aromatic heterocycles. The van der Waals surface area contributed by atoms with E-state index in [9.17, 15) is 9.59 Å². The highest BCUT2D eigenvalue weighted by Crippen LogP contribution is 2.25. The smallest absolute Gasteiger partial charge is 0.239 e. The zero-order chi connectivity index (χ0) is 13.5. The van der Waals surface area contributed by atoms with Gasteiger partial charge in [0.1, 0.15) is 0 Å². The first-order chi connectivity index (χ1) is 9.24. The Morgan fingerprint density at radius 3 is 2.32 bits per heavy atom. The predicted molar refractivity (Wildman–Crippen MR) is 73.6 cm³/mol. The Hall–Kier alpha value is -1.10. The van der Waals surface area contributed by atoms with E-state index in [1.54, 1.807) is 0 Å². The lowest BCUT2D eigenvalue weighted by Crippen LogP contribution is -2.49. The Kier molecular flexibility index (Phi) is 5.63. The molecule has 1 heterocycles. The Morgan fingerprint density at radius 1 is 0.947 bits per heavy atom. The fraction of sp³-hybridized carbons (Fsp3) is 0.857. The van der Waals surface area contributed by atoms with Crippen molar-refractivity contribution in [3.63, 3.8) is 0 Å². The van der Waals surface area contributed by atoms with Crippen LogP contribution in [0.25, 0.3) is 0 Å². The predicted octanol–water partition coefficient (Wildman–Crippen LogP) is 0.409. The van der Waals surface area contributed by atoms with Crippen LogP contribution >= 0.6 is 0 Å². The Morgan fingerprint density at radius 2 is 1.68 bits per heavy atom.